The molecule has 0 atom stereocenters. The van der Waals surface area contributed by atoms with Crippen LogP contribution in [0.4, 0.5) is 23.0 Å². The maximum atomic E-state index is 13.3. The van der Waals surface area contributed by atoms with Gasteiger partial charge in [-0.3, -0.25) is 19.8 Å². The summed E-state index contributed by atoms with van der Waals surface area (Å²) in [7, 11) is 0. The molecule has 11 aromatic rings. The number of hydrogen-bond acceptors (Lipinski definition) is 11. The molecule has 7 N–H and O–H groups in total. The predicted octanol–water partition coefficient (Wildman–Crippen LogP) is 10.5. The molecule has 0 aliphatic heterocycles. The highest BCUT2D eigenvalue weighted by molar-refractivity contribution is 6.00. The number of nitrogens with zero attached hydrogens (tertiary/aromatic N) is 7. The predicted molar refractivity (Wildman–Crippen MR) is 267 cm³/mol. The third-order valence-electron chi connectivity index (χ3n) is 12.0. The summed E-state index contributed by atoms with van der Waals surface area (Å²) < 4.78 is 6.82. The quantitative estimate of drug-likeness (QED) is 0.0543. The van der Waals surface area contributed by atoms with Gasteiger partial charge in [0.2, 0.25) is 0 Å². The van der Waals surface area contributed by atoms with Gasteiger partial charge in [0, 0.05) is 99.6 Å². The molecule has 4 aromatic carbocycles. The van der Waals surface area contributed by atoms with Crippen LogP contribution in [0.25, 0.3) is 89.3 Å². The number of aromatic nitrogens is 10. The fraction of sp³-hybridized carbons (Fsp3) is 0.115. The summed E-state index contributed by atoms with van der Waals surface area (Å²) in [5.74, 6) is 2.27. The van der Waals surface area contributed by atoms with Crippen molar-refractivity contribution in [1.29, 1.82) is 0 Å². The highest BCUT2D eigenvalue weighted by atomic mass is 16.3. The van der Waals surface area contributed by atoms with E-state index in [2.05, 4.69) is 51.3 Å². The number of benzene rings is 4. The van der Waals surface area contributed by atoms with Gasteiger partial charge in [-0.15, -0.1) is 0 Å². The number of carbonyl (C=O) groups is 2. The Morgan fingerprint density at radius 3 is 2.13 bits per heavy atom. The zero-order valence-electron chi connectivity index (χ0n) is 37.7. The van der Waals surface area contributed by atoms with Gasteiger partial charge in [0.25, 0.3) is 11.8 Å². The van der Waals surface area contributed by atoms with Crippen LogP contribution in [-0.2, 0) is 0 Å². The van der Waals surface area contributed by atoms with E-state index in [0.717, 1.165) is 66.4 Å². The molecule has 7 heterocycles. The van der Waals surface area contributed by atoms with Crippen molar-refractivity contribution in [3.63, 3.8) is 0 Å². The summed E-state index contributed by atoms with van der Waals surface area (Å²) in [5.41, 5.74) is 11.2. The average molecular weight is 913 g/mol. The minimum Gasteiger partial charge on any atom is -0.450 e. The first-order valence-electron chi connectivity index (χ1n) is 22.6. The molecular weight excluding hydrogens is 869 g/mol. The summed E-state index contributed by atoms with van der Waals surface area (Å²) in [5, 5.41) is 25.8. The zero-order chi connectivity index (χ0) is 47.0. The molecule has 0 fully saturated rings. The van der Waals surface area contributed by atoms with Crippen LogP contribution in [0.3, 0.4) is 0 Å². The first kappa shape index (κ1) is 42.3. The number of aromatic amines is 4. The second-order valence-electron chi connectivity index (χ2n) is 16.4. The van der Waals surface area contributed by atoms with Gasteiger partial charge in [-0.05, 0) is 98.6 Å². The molecule has 0 saturated heterocycles. The lowest BCUT2D eigenvalue weighted by atomic mass is 10.0. The van der Waals surface area contributed by atoms with E-state index in [1.54, 1.807) is 29.6 Å². The third-order valence-corrected chi connectivity index (χ3v) is 12.0. The van der Waals surface area contributed by atoms with Crippen LogP contribution >= 0.6 is 0 Å². The van der Waals surface area contributed by atoms with E-state index < -0.39 is 0 Å². The molecule has 7 aromatic heterocycles. The number of furan rings is 1. The number of carbonyl (C=O) groups excluding carboxylic acids is 2. The molecular formula is C52H44N14O3. The highest BCUT2D eigenvalue weighted by Gasteiger charge is 2.21. The zero-order valence-corrected chi connectivity index (χ0v) is 37.7. The maximum absolute atomic E-state index is 13.3. The van der Waals surface area contributed by atoms with Crippen LogP contribution in [0.1, 0.15) is 41.7 Å². The summed E-state index contributed by atoms with van der Waals surface area (Å²) in [6.07, 6.45) is 8.94. The van der Waals surface area contributed by atoms with Crippen LogP contribution in [0.5, 0.6) is 0 Å². The molecule has 0 radical (unpaired) electrons. The van der Waals surface area contributed by atoms with Crippen molar-refractivity contribution in [2.75, 3.05) is 30.3 Å². The van der Waals surface area contributed by atoms with Crippen LogP contribution in [0, 0.1) is 0 Å². The first-order chi connectivity index (χ1) is 33.8. The maximum Gasteiger partial charge on any atom is 0.270 e. The van der Waals surface area contributed by atoms with Gasteiger partial charge in [-0.25, -0.2) is 19.9 Å². The third kappa shape index (κ3) is 8.28. The van der Waals surface area contributed by atoms with E-state index >= 15 is 0 Å². The number of fused-ring (bicyclic) bond motifs is 3. The number of amides is 2. The summed E-state index contributed by atoms with van der Waals surface area (Å²) >= 11 is 0. The van der Waals surface area contributed by atoms with E-state index in [4.69, 9.17) is 19.4 Å². The summed E-state index contributed by atoms with van der Waals surface area (Å²) in [6.45, 7) is 7.58. The molecule has 0 bridgehead atoms. The smallest absolute Gasteiger partial charge is 0.270 e. The lowest BCUT2D eigenvalue weighted by Crippen LogP contribution is -2.30. The van der Waals surface area contributed by atoms with Crippen LogP contribution in [0.2, 0.25) is 0 Å². The Hall–Kier alpha value is -9.38. The van der Waals surface area contributed by atoms with Crippen molar-refractivity contribution in [3.05, 3.63) is 146 Å². The molecule has 0 aliphatic carbocycles. The molecule has 17 heteroatoms. The van der Waals surface area contributed by atoms with Gasteiger partial charge < -0.3 is 35.2 Å². The molecule has 0 spiro atoms. The molecule has 2 amide bonds. The van der Waals surface area contributed by atoms with E-state index in [-0.39, 0.29) is 11.8 Å². The fourth-order valence-corrected chi connectivity index (χ4v) is 8.43. The second-order valence-corrected chi connectivity index (χ2v) is 16.4. The van der Waals surface area contributed by atoms with Crippen molar-refractivity contribution >= 4 is 67.7 Å². The first-order valence-corrected chi connectivity index (χ1v) is 22.6. The number of rotatable bonds is 14. The van der Waals surface area contributed by atoms with Crippen LogP contribution < -0.4 is 16.0 Å². The molecule has 17 nitrogen and oxygen atoms in total. The lowest BCUT2D eigenvalue weighted by Gasteiger charge is -2.17. The van der Waals surface area contributed by atoms with Gasteiger partial charge in [0.1, 0.15) is 28.5 Å². The second kappa shape index (κ2) is 17.8. The number of nitrogens with one attached hydrogen (secondary N) is 7. The number of anilines is 4. The van der Waals surface area contributed by atoms with Crippen molar-refractivity contribution in [3.8, 4) is 56.4 Å². The SMILES string of the molecule is CCNC(=O)c1cc2cc(-c3nccc(Nc4ccc(-c5cn[nH]c5)cc4-c4cc5nc(-c6ccc7cc(C(=O)N(CC)CC)[nH]c7c6)nc(Nc6ccc(-c7cn[nH]c7)cc6)c5o4)n3)ccc2[nH]1. The molecule has 11 rings (SSSR count). The van der Waals surface area contributed by atoms with Gasteiger partial charge in [-0.2, -0.15) is 10.2 Å². The van der Waals surface area contributed by atoms with E-state index in [1.807, 2.05) is 130 Å². The van der Waals surface area contributed by atoms with Crippen LogP contribution in [0.15, 0.2) is 139 Å². The molecule has 0 aliphatic rings. The standard InChI is InChI=1S/C52H44N14O3/c1-4-53-51(67)43-23-34-19-32(12-15-39(34)60-43)48-54-18-17-46(64-48)62-40-16-11-30(36-27-57-58-28-36)20-38(40)45-24-42-47(69-45)50(59-37-13-9-29(10-14-37)35-25-55-56-26-35)65-49(63-42)33-8-7-31-21-44(61-41(31)22-33)52(68)66(5-2)6-3/h7-28,60-61H,4-6H2,1-3H3,(H,53,67)(H,55,56)(H,57,58)(H,54,62,64)(H,59,63,65). The Balaban J connectivity index is 0.989. The number of hydrogen-bond donors (Lipinski definition) is 7. The van der Waals surface area contributed by atoms with Gasteiger partial charge in [0.15, 0.2) is 23.0 Å². The fourth-order valence-electron chi connectivity index (χ4n) is 8.43. The topological polar surface area (TPSA) is 227 Å². The Kier molecular flexibility index (Phi) is 10.9. The largest absolute Gasteiger partial charge is 0.450 e. The lowest BCUT2D eigenvalue weighted by molar-refractivity contribution is 0.0767. The summed E-state index contributed by atoms with van der Waals surface area (Å²) in [4.78, 5) is 53.9. The molecule has 0 unspecified atom stereocenters. The van der Waals surface area contributed by atoms with Gasteiger partial charge in [0.05, 0.1) is 18.1 Å². The van der Waals surface area contributed by atoms with E-state index in [0.29, 0.717) is 76.9 Å². The highest BCUT2D eigenvalue weighted by Crippen LogP contribution is 2.40. The molecule has 340 valence electrons. The molecule has 69 heavy (non-hydrogen) atoms. The Bertz CT molecular complexity index is 3660. The Morgan fingerprint density at radius 2 is 1.36 bits per heavy atom. The van der Waals surface area contributed by atoms with E-state index in [1.165, 1.54) is 0 Å². The normalized spacial score (nSPS) is 11.4. The Morgan fingerprint density at radius 1 is 0.638 bits per heavy atom. The average Bonchev–Trinajstić information content (AvgIpc) is 4.25. The molecule has 0 saturated carbocycles. The monoisotopic (exact) mass is 912 g/mol. The van der Waals surface area contributed by atoms with Crippen molar-refractivity contribution in [2.24, 2.45) is 0 Å². The number of H-pyrrole nitrogens is 4. The van der Waals surface area contributed by atoms with Crippen molar-refractivity contribution in [1.82, 2.24) is 60.5 Å². The van der Waals surface area contributed by atoms with Crippen LogP contribution in [-0.4, -0.2) is 86.6 Å². The van der Waals surface area contributed by atoms with Crippen molar-refractivity contribution in [2.45, 2.75) is 20.8 Å². The Labute approximate surface area is 393 Å². The summed E-state index contributed by atoms with van der Waals surface area (Å²) in [6, 6.07) is 33.1. The van der Waals surface area contributed by atoms with E-state index in [9.17, 15) is 9.59 Å². The minimum atomic E-state index is -0.165. The van der Waals surface area contributed by atoms with Crippen molar-refractivity contribution < 1.29 is 14.0 Å². The van der Waals surface area contributed by atoms with Gasteiger partial charge in [-0.1, -0.05) is 30.3 Å². The minimum absolute atomic E-state index is 0.0547. The van der Waals surface area contributed by atoms with Gasteiger partial charge >= 0.3 is 0 Å².